The third-order valence-electron chi connectivity index (χ3n) is 4.24. The molecule has 0 bridgehead atoms. The van der Waals surface area contributed by atoms with Crippen LogP contribution in [0.25, 0.3) is 0 Å². The van der Waals surface area contributed by atoms with Gasteiger partial charge < -0.3 is 15.4 Å². The van der Waals surface area contributed by atoms with E-state index in [1.165, 1.54) is 19.3 Å². The predicted molar refractivity (Wildman–Crippen MR) is 60.0 cm³/mol. The van der Waals surface area contributed by atoms with E-state index in [-0.39, 0.29) is 5.97 Å². The van der Waals surface area contributed by atoms with E-state index < -0.39 is 0 Å². The first-order valence-electron chi connectivity index (χ1n) is 6.12. The molecule has 88 valence electrons. The third-order valence-corrected chi connectivity index (χ3v) is 4.24. The Morgan fingerprint density at radius 2 is 2.00 bits per heavy atom. The molecule has 16 heavy (non-hydrogen) atoms. The number of hydrogen-bond acceptors (Lipinski definition) is 4. The zero-order valence-electron chi connectivity index (χ0n) is 9.42. The zero-order valence-corrected chi connectivity index (χ0v) is 9.42. The number of ether oxygens (including phenoxy) is 1. The van der Waals surface area contributed by atoms with Gasteiger partial charge in [0.1, 0.15) is 6.61 Å². The van der Waals surface area contributed by atoms with Gasteiger partial charge in [0.05, 0.1) is 0 Å². The van der Waals surface area contributed by atoms with Crippen molar-refractivity contribution in [1.82, 2.24) is 10.6 Å². The van der Waals surface area contributed by atoms with Crippen LogP contribution in [0.2, 0.25) is 0 Å². The maximum atomic E-state index is 11.1. The van der Waals surface area contributed by atoms with Gasteiger partial charge in [0, 0.05) is 12.1 Å². The normalized spacial score (nSPS) is 32.9. The number of esters is 1. The molecule has 0 saturated carbocycles. The molecule has 0 amide bonds. The minimum atomic E-state index is -0.173. The second kappa shape index (κ2) is 3.86. The lowest BCUT2D eigenvalue weighted by Crippen LogP contribution is -2.45. The van der Waals surface area contributed by atoms with Crippen LogP contribution in [0.15, 0.2) is 11.6 Å². The molecule has 0 aromatic carbocycles. The highest BCUT2D eigenvalue weighted by Crippen LogP contribution is 2.43. The van der Waals surface area contributed by atoms with Gasteiger partial charge in [-0.15, -0.1) is 0 Å². The molecule has 2 fully saturated rings. The van der Waals surface area contributed by atoms with Crippen molar-refractivity contribution in [2.24, 2.45) is 5.41 Å². The molecule has 1 atom stereocenters. The average molecular weight is 222 g/mol. The molecule has 2 saturated heterocycles. The SMILES string of the molecule is O=C1C=C(C2NCCC23CCNCC3)CO1. The number of rotatable bonds is 1. The molecular weight excluding hydrogens is 204 g/mol. The molecule has 0 aromatic heterocycles. The van der Waals surface area contributed by atoms with E-state index >= 15 is 0 Å². The zero-order chi connectivity index (χ0) is 11.0. The Morgan fingerprint density at radius 3 is 2.69 bits per heavy atom. The molecule has 3 rings (SSSR count). The van der Waals surface area contributed by atoms with Crippen molar-refractivity contribution in [3.05, 3.63) is 11.6 Å². The molecular formula is C12H18N2O2. The first kappa shape index (κ1) is 10.3. The van der Waals surface area contributed by atoms with Crippen LogP contribution in [-0.4, -0.2) is 38.3 Å². The fraction of sp³-hybridized carbons (Fsp3) is 0.750. The molecule has 2 N–H and O–H groups in total. The molecule has 3 aliphatic rings. The number of carbonyl (C=O) groups is 1. The lowest BCUT2D eigenvalue weighted by molar-refractivity contribution is -0.135. The van der Waals surface area contributed by atoms with Crippen LogP contribution in [0.1, 0.15) is 19.3 Å². The van der Waals surface area contributed by atoms with Gasteiger partial charge >= 0.3 is 5.97 Å². The summed E-state index contributed by atoms with van der Waals surface area (Å²) in [6.45, 7) is 3.75. The summed E-state index contributed by atoms with van der Waals surface area (Å²) in [6.07, 6.45) is 5.32. The van der Waals surface area contributed by atoms with Crippen LogP contribution in [0.4, 0.5) is 0 Å². The Bertz CT molecular complexity index is 332. The lowest BCUT2D eigenvalue weighted by atomic mass is 9.71. The van der Waals surface area contributed by atoms with Crippen LogP contribution in [0, 0.1) is 5.41 Å². The van der Waals surface area contributed by atoms with Crippen molar-refractivity contribution in [1.29, 1.82) is 0 Å². The molecule has 3 heterocycles. The van der Waals surface area contributed by atoms with E-state index in [9.17, 15) is 4.79 Å². The van der Waals surface area contributed by atoms with Gasteiger partial charge in [0.2, 0.25) is 0 Å². The highest BCUT2D eigenvalue weighted by atomic mass is 16.5. The standard InChI is InChI=1S/C12H18N2O2/c15-10-7-9(8-16-10)11-12(3-6-14-11)1-4-13-5-2-12/h7,11,13-14H,1-6,8H2. The van der Waals surface area contributed by atoms with E-state index in [0.717, 1.165) is 25.2 Å². The monoisotopic (exact) mass is 222 g/mol. The maximum absolute atomic E-state index is 11.1. The van der Waals surface area contributed by atoms with Gasteiger partial charge in [-0.05, 0) is 49.9 Å². The van der Waals surface area contributed by atoms with Crippen molar-refractivity contribution in [3.8, 4) is 0 Å². The molecule has 3 aliphatic heterocycles. The van der Waals surface area contributed by atoms with Crippen molar-refractivity contribution >= 4 is 5.97 Å². The number of piperidine rings is 1. The summed E-state index contributed by atoms with van der Waals surface area (Å²) in [5, 5.41) is 6.96. The maximum Gasteiger partial charge on any atom is 0.331 e. The summed E-state index contributed by atoms with van der Waals surface area (Å²) < 4.78 is 5.02. The third kappa shape index (κ3) is 1.57. The fourth-order valence-electron chi connectivity index (χ4n) is 3.37. The molecule has 0 radical (unpaired) electrons. The summed E-state index contributed by atoms with van der Waals surface area (Å²) in [6, 6.07) is 0.362. The molecule has 1 unspecified atom stereocenters. The summed E-state index contributed by atoms with van der Waals surface area (Å²) in [5.74, 6) is -0.173. The number of carbonyl (C=O) groups excluding carboxylic acids is 1. The molecule has 1 spiro atoms. The van der Waals surface area contributed by atoms with Crippen LogP contribution in [-0.2, 0) is 9.53 Å². The molecule has 0 aromatic rings. The van der Waals surface area contributed by atoms with Crippen molar-refractivity contribution < 1.29 is 9.53 Å². The highest BCUT2D eigenvalue weighted by molar-refractivity contribution is 5.85. The number of cyclic esters (lactones) is 1. The smallest absolute Gasteiger partial charge is 0.331 e. The van der Waals surface area contributed by atoms with Gasteiger partial charge in [0.25, 0.3) is 0 Å². The van der Waals surface area contributed by atoms with Crippen molar-refractivity contribution in [3.63, 3.8) is 0 Å². The van der Waals surface area contributed by atoms with E-state index in [1.54, 1.807) is 6.08 Å². The van der Waals surface area contributed by atoms with Gasteiger partial charge in [0.15, 0.2) is 0 Å². The summed E-state index contributed by atoms with van der Waals surface area (Å²) in [5.41, 5.74) is 1.52. The largest absolute Gasteiger partial charge is 0.458 e. The molecule has 4 nitrogen and oxygen atoms in total. The van der Waals surface area contributed by atoms with Crippen LogP contribution >= 0.6 is 0 Å². The summed E-state index contributed by atoms with van der Waals surface area (Å²) in [4.78, 5) is 11.1. The Morgan fingerprint density at radius 1 is 1.25 bits per heavy atom. The Balaban J connectivity index is 1.83. The van der Waals surface area contributed by atoms with Gasteiger partial charge in [-0.25, -0.2) is 4.79 Å². The Labute approximate surface area is 95.4 Å². The van der Waals surface area contributed by atoms with E-state index in [0.29, 0.717) is 18.1 Å². The number of hydrogen-bond donors (Lipinski definition) is 2. The number of nitrogens with one attached hydrogen (secondary N) is 2. The highest BCUT2D eigenvalue weighted by Gasteiger charge is 2.45. The van der Waals surface area contributed by atoms with Gasteiger partial charge in [-0.2, -0.15) is 0 Å². The summed E-state index contributed by atoms with van der Waals surface area (Å²) in [7, 11) is 0. The van der Waals surface area contributed by atoms with E-state index in [2.05, 4.69) is 10.6 Å². The second-order valence-electron chi connectivity index (χ2n) is 5.08. The van der Waals surface area contributed by atoms with Crippen molar-refractivity contribution in [2.75, 3.05) is 26.2 Å². The Kier molecular flexibility index (Phi) is 2.48. The molecule has 4 heteroatoms. The van der Waals surface area contributed by atoms with Crippen LogP contribution in [0.5, 0.6) is 0 Å². The molecule has 0 aliphatic carbocycles. The van der Waals surface area contributed by atoms with E-state index in [4.69, 9.17) is 4.74 Å². The van der Waals surface area contributed by atoms with E-state index in [1.807, 2.05) is 0 Å². The quantitative estimate of drug-likeness (QED) is 0.622. The van der Waals surface area contributed by atoms with Crippen LogP contribution in [0.3, 0.4) is 0 Å². The van der Waals surface area contributed by atoms with Gasteiger partial charge in [-0.1, -0.05) is 0 Å². The topological polar surface area (TPSA) is 50.4 Å². The van der Waals surface area contributed by atoms with Crippen LogP contribution < -0.4 is 10.6 Å². The second-order valence-corrected chi connectivity index (χ2v) is 5.08. The van der Waals surface area contributed by atoms with Crippen molar-refractivity contribution in [2.45, 2.75) is 25.3 Å². The predicted octanol–water partition coefficient (Wildman–Crippen LogP) is 0.201. The summed E-state index contributed by atoms with van der Waals surface area (Å²) >= 11 is 0. The Hall–Kier alpha value is -0.870. The van der Waals surface area contributed by atoms with Gasteiger partial charge in [-0.3, -0.25) is 0 Å². The lowest BCUT2D eigenvalue weighted by Gasteiger charge is -2.39. The average Bonchev–Trinajstić information content (AvgIpc) is 2.87. The minimum absolute atomic E-state index is 0.173. The first-order chi connectivity index (χ1) is 7.80. The first-order valence-corrected chi connectivity index (χ1v) is 6.12. The fourth-order valence-corrected chi connectivity index (χ4v) is 3.37. The minimum Gasteiger partial charge on any atom is -0.458 e.